The van der Waals surface area contributed by atoms with Crippen molar-refractivity contribution in [3.05, 3.63) is 30.0 Å². The van der Waals surface area contributed by atoms with E-state index in [1.165, 1.54) is 18.3 Å². The van der Waals surface area contributed by atoms with Crippen LogP contribution < -0.4 is 10.5 Å². The van der Waals surface area contributed by atoms with Crippen LogP contribution in [0.2, 0.25) is 0 Å². The highest BCUT2D eigenvalue weighted by molar-refractivity contribution is 7.19. The molecular formula is C13H14N2O2S. The molecule has 1 heterocycles. The number of benzene rings is 1. The molecule has 2 N–H and O–H groups in total. The Balaban J connectivity index is 2.39. The van der Waals surface area contributed by atoms with Gasteiger partial charge in [-0.25, -0.2) is 4.98 Å². The van der Waals surface area contributed by atoms with Crippen LogP contribution in [0.1, 0.15) is 24.3 Å². The van der Waals surface area contributed by atoms with Gasteiger partial charge >= 0.3 is 0 Å². The van der Waals surface area contributed by atoms with Gasteiger partial charge in [0.2, 0.25) is 0 Å². The van der Waals surface area contributed by atoms with Gasteiger partial charge in [0.15, 0.2) is 10.9 Å². The first-order valence-corrected chi connectivity index (χ1v) is 6.44. The molecule has 5 heteroatoms. The largest absolute Gasteiger partial charge is 0.494 e. The summed E-state index contributed by atoms with van der Waals surface area (Å²) in [5.74, 6) is 0.731. The smallest absolute Gasteiger partial charge is 0.181 e. The Morgan fingerprint density at radius 2 is 2.06 bits per heavy atom. The molecule has 0 radical (unpaired) electrons. The number of nitrogens with zero attached hydrogens (tertiary/aromatic N) is 1. The zero-order valence-electron chi connectivity index (χ0n) is 10.3. The van der Waals surface area contributed by atoms with Crippen LogP contribution in [0, 0.1) is 0 Å². The van der Waals surface area contributed by atoms with Crippen LogP contribution in [0.15, 0.2) is 24.3 Å². The van der Waals surface area contributed by atoms with E-state index in [2.05, 4.69) is 4.98 Å². The SMILES string of the molecule is CCOc1ccc(-c2sc(N)nc2C(C)=O)cc1. The first kappa shape index (κ1) is 12.6. The van der Waals surface area contributed by atoms with Crippen molar-refractivity contribution in [2.24, 2.45) is 0 Å². The number of nitrogens with two attached hydrogens (primary N) is 1. The highest BCUT2D eigenvalue weighted by atomic mass is 32.1. The molecule has 2 rings (SSSR count). The predicted molar refractivity (Wildman–Crippen MR) is 73.1 cm³/mol. The van der Waals surface area contributed by atoms with E-state index in [0.717, 1.165) is 16.2 Å². The second-order valence-electron chi connectivity index (χ2n) is 3.74. The van der Waals surface area contributed by atoms with Crippen molar-refractivity contribution in [3.8, 4) is 16.2 Å². The molecule has 0 bridgehead atoms. The Morgan fingerprint density at radius 1 is 1.39 bits per heavy atom. The fourth-order valence-corrected chi connectivity index (χ4v) is 2.53. The third-order valence-electron chi connectivity index (χ3n) is 2.40. The summed E-state index contributed by atoms with van der Waals surface area (Å²) in [7, 11) is 0. The van der Waals surface area contributed by atoms with Crippen LogP contribution in [-0.4, -0.2) is 17.4 Å². The van der Waals surface area contributed by atoms with Crippen LogP contribution in [0.5, 0.6) is 5.75 Å². The number of Topliss-reactive ketones (excluding diaryl/α,β-unsaturated/α-hetero) is 1. The summed E-state index contributed by atoms with van der Waals surface area (Å²) in [6.45, 7) is 4.06. The standard InChI is InChI=1S/C13H14N2O2S/c1-3-17-10-6-4-9(5-7-10)12-11(8(2)16)15-13(14)18-12/h4-7H,3H2,1-2H3,(H2,14,15). The molecule has 0 fully saturated rings. The molecular weight excluding hydrogens is 248 g/mol. The lowest BCUT2D eigenvalue weighted by atomic mass is 10.1. The molecule has 4 nitrogen and oxygen atoms in total. The van der Waals surface area contributed by atoms with E-state index in [4.69, 9.17) is 10.5 Å². The summed E-state index contributed by atoms with van der Waals surface area (Å²) in [6, 6.07) is 7.56. The minimum atomic E-state index is -0.0770. The normalized spacial score (nSPS) is 10.3. The zero-order valence-corrected chi connectivity index (χ0v) is 11.1. The zero-order chi connectivity index (χ0) is 13.1. The van der Waals surface area contributed by atoms with Crippen molar-refractivity contribution in [2.75, 3.05) is 12.3 Å². The molecule has 0 spiro atoms. The number of hydrogen-bond acceptors (Lipinski definition) is 5. The van der Waals surface area contributed by atoms with E-state index in [0.29, 0.717) is 17.4 Å². The molecule has 0 saturated heterocycles. The maximum Gasteiger partial charge on any atom is 0.181 e. The number of aromatic nitrogens is 1. The molecule has 0 unspecified atom stereocenters. The van der Waals surface area contributed by atoms with Crippen molar-refractivity contribution < 1.29 is 9.53 Å². The van der Waals surface area contributed by atoms with Gasteiger partial charge in [0.25, 0.3) is 0 Å². The lowest BCUT2D eigenvalue weighted by molar-refractivity contribution is 0.101. The van der Waals surface area contributed by atoms with Gasteiger partial charge in [0.05, 0.1) is 11.5 Å². The average molecular weight is 262 g/mol. The van der Waals surface area contributed by atoms with Gasteiger partial charge in [-0.15, -0.1) is 0 Å². The van der Waals surface area contributed by atoms with Crippen molar-refractivity contribution in [3.63, 3.8) is 0 Å². The van der Waals surface area contributed by atoms with Gasteiger partial charge in [-0.2, -0.15) is 0 Å². The van der Waals surface area contributed by atoms with Gasteiger partial charge in [-0.3, -0.25) is 4.79 Å². The number of carbonyl (C=O) groups excluding carboxylic acids is 1. The molecule has 0 aliphatic carbocycles. The molecule has 1 aromatic carbocycles. The fraction of sp³-hybridized carbons (Fsp3) is 0.231. The van der Waals surface area contributed by atoms with Gasteiger partial charge in [-0.1, -0.05) is 11.3 Å². The highest BCUT2D eigenvalue weighted by Gasteiger charge is 2.15. The Morgan fingerprint density at radius 3 is 2.61 bits per heavy atom. The average Bonchev–Trinajstić information content (AvgIpc) is 2.73. The van der Waals surface area contributed by atoms with Crippen molar-refractivity contribution in [1.29, 1.82) is 0 Å². The minimum Gasteiger partial charge on any atom is -0.494 e. The first-order chi connectivity index (χ1) is 8.61. The molecule has 0 atom stereocenters. The number of carbonyl (C=O) groups is 1. The number of thiazole rings is 1. The van der Waals surface area contributed by atoms with E-state index in [9.17, 15) is 4.79 Å². The van der Waals surface area contributed by atoms with Crippen molar-refractivity contribution >= 4 is 22.3 Å². The number of anilines is 1. The lowest BCUT2D eigenvalue weighted by Crippen LogP contribution is -1.96. The number of nitrogen functional groups attached to an aromatic ring is 1. The molecule has 0 aliphatic heterocycles. The number of ketones is 1. The van der Waals surface area contributed by atoms with Gasteiger partial charge < -0.3 is 10.5 Å². The van der Waals surface area contributed by atoms with Crippen LogP contribution in [0.3, 0.4) is 0 Å². The van der Waals surface area contributed by atoms with Crippen LogP contribution in [-0.2, 0) is 0 Å². The van der Waals surface area contributed by atoms with Crippen LogP contribution in [0.4, 0.5) is 5.13 Å². The summed E-state index contributed by atoms with van der Waals surface area (Å²) in [4.78, 5) is 16.4. The van der Waals surface area contributed by atoms with Crippen LogP contribution >= 0.6 is 11.3 Å². The van der Waals surface area contributed by atoms with Crippen molar-refractivity contribution in [2.45, 2.75) is 13.8 Å². The highest BCUT2D eigenvalue weighted by Crippen LogP contribution is 2.32. The van der Waals surface area contributed by atoms with Gasteiger partial charge in [0.1, 0.15) is 11.4 Å². The van der Waals surface area contributed by atoms with E-state index < -0.39 is 0 Å². The topological polar surface area (TPSA) is 65.2 Å². The van der Waals surface area contributed by atoms with Crippen molar-refractivity contribution in [1.82, 2.24) is 4.98 Å². The van der Waals surface area contributed by atoms with Crippen LogP contribution in [0.25, 0.3) is 10.4 Å². The van der Waals surface area contributed by atoms with E-state index >= 15 is 0 Å². The third kappa shape index (κ3) is 2.51. The Bertz CT molecular complexity index is 561. The Labute approximate surface area is 109 Å². The van der Waals surface area contributed by atoms with E-state index in [-0.39, 0.29) is 5.78 Å². The first-order valence-electron chi connectivity index (χ1n) is 5.62. The maximum atomic E-state index is 11.5. The van der Waals surface area contributed by atoms with Gasteiger partial charge in [-0.05, 0) is 36.8 Å². The Hall–Kier alpha value is -1.88. The number of rotatable bonds is 4. The molecule has 94 valence electrons. The quantitative estimate of drug-likeness (QED) is 0.860. The summed E-state index contributed by atoms with van der Waals surface area (Å²) in [6.07, 6.45) is 0. The predicted octanol–water partition coefficient (Wildman–Crippen LogP) is 2.99. The monoisotopic (exact) mass is 262 g/mol. The summed E-state index contributed by atoms with van der Waals surface area (Å²) in [5.41, 5.74) is 7.02. The lowest BCUT2D eigenvalue weighted by Gasteiger charge is -2.04. The molecule has 1 aromatic heterocycles. The third-order valence-corrected chi connectivity index (χ3v) is 3.34. The summed E-state index contributed by atoms with van der Waals surface area (Å²) in [5, 5.41) is 0.407. The number of hydrogen-bond donors (Lipinski definition) is 1. The fourth-order valence-electron chi connectivity index (χ4n) is 1.64. The number of ether oxygens (including phenoxy) is 1. The summed E-state index contributed by atoms with van der Waals surface area (Å²) < 4.78 is 5.38. The molecule has 0 amide bonds. The minimum absolute atomic E-state index is 0.0770. The van der Waals surface area contributed by atoms with E-state index in [1.54, 1.807) is 0 Å². The molecule has 0 aliphatic rings. The molecule has 0 saturated carbocycles. The maximum absolute atomic E-state index is 11.5. The molecule has 18 heavy (non-hydrogen) atoms. The Kier molecular flexibility index (Phi) is 3.62. The summed E-state index contributed by atoms with van der Waals surface area (Å²) >= 11 is 1.32. The molecule has 2 aromatic rings. The van der Waals surface area contributed by atoms with Gasteiger partial charge in [0, 0.05) is 6.92 Å². The van der Waals surface area contributed by atoms with E-state index in [1.807, 2.05) is 31.2 Å². The second-order valence-corrected chi connectivity index (χ2v) is 4.77. The second kappa shape index (κ2) is 5.18.